The Hall–Kier alpha value is -0.670. The van der Waals surface area contributed by atoms with Crippen LogP contribution < -0.4 is 10.9 Å². The Morgan fingerprint density at radius 3 is 3.06 bits per heavy atom. The lowest BCUT2D eigenvalue weighted by atomic mass is 10.0. The zero-order valence-electron chi connectivity index (χ0n) is 9.79. The molecule has 17 heavy (non-hydrogen) atoms. The molecule has 1 atom stereocenters. The number of methoxy groups -OCH3 is 1. The van der Waals surface area contributed by atoms with Crippen LogP contribution in [0.1, 0.15) is 13.3 Å². The SMILES string of the molecule is COCCC(C)(O)CNc1nc[nH]c(=O)c1I. The van der Waals surface area contributed by atoms with Crippen molar-refractivity contribution in [1.82, 2.24) is 9.97 Å². The largest absolute Gasteiger partial charge is 0.388 e. The Morgan fingerprint density at radius 2 is 2.41 bits per heavy atom. The maximum Gasteiger partial charge on any atom is 0.266 e. The summed E-state index contributed by atoms with van der Waals surface area (Å²) in [6.07, 6.45) is 1.84. The number of aromatic nitrogens is 2. The first-order valence-electron chi connectivity index (χ1n) is 5.14. The van der Waals surface area contributed by atoms with Crippen molar-refractivity contribution in [2.24, 2.45) is 0 Å². The minimum Gasteiger partial charge on any atom is -0.388 e. The topological polar surface area (TPSA) is 87.2 Å². The molecule has 0 aliphatic rings. The summed E-state index contributed by atoms with van der Waals surface area (Å²) in [5.74, 6) is 0.479. The van der Waals surface area contributed by atoms with Crippen molar-refractivity contribution in [2.45, 2.75) is 18.9 Å². The van der Waals surface area contributed by atoms with Gasteiger partial charge in [0.1, 0.15) is 9.39 Å². The Balaban J connectivity index is 2.61. The highest BCUT2D eigenvalue weighted by Gasteiger charge is 2.20. The molecular formula is C10H16IN3O3. The van der Waals surface area contributed by atoms with Crippen molar-refractivity contribution in [3.8, 4) is 0 Å². The number of H-pyrrole nitrogens is 1. The Labute approximate surface area is 113 Å². The Bertz CT molecular complexity index is 420. The molecular weight excluding hydrogens is 337 g/mol. The van der Waals surface area contributed by atoms with Crippen molar-refractivity contribution in [1.29, 1.82) is 0 Å². The van der Waals surface area contributed by atoms with E-state index in [9.17, 15) is 9.90 Å². The third kappa shape index (κ3) is 4.60. The fourth-order valence-corrected chi connectivity index (χ4v) is 1.68. The van der Waals surface area contributed by atoms with Gasteiger partial charge in [0.05, 0.1) is 11.9 Å². The first kappa shape index (κ1) is 14.4. The summed E-state index contributed by atoms with van der Waals surface area (Å²) in [6, 6.07) is 0. The van der Waals surface area contributed by atoms with Gasteiger partial charge in [0.25, 0.3) is 5.56 Å². The number of nitrogens with one attached hydrogen (secondary N) is 2. The smallest absolute Gasteiger partial charge is 0.266 e. The highest BCUT2D eigenvalue weighted by molar-refractivity contribution is 14.1. The molecule has 1 rings (SSSR count). The van der Waals surface area contributed by atoms with Gasteiger partial charge >= 0.3 is 0 Å². The third-order valence-electron chi connectivity index (χ3n) is 2.28. The molecule has 1 unspecified atom stereocenters. The highest BCUT2D eigenvalue weighted by Crippen LogP contribution is 2.13. The van der Waals surface area contributed by atoms with E-state index >= 15 is 0 Å². The van der Waals surface area contributed by atoms with Crippen molar-refractivity contribution in [3.63, 3.8) is 0 Å². The summed E-state index contributed by atoms with van der Waals surface area (Å²) in [5, 5.41) is 13.0. The first-order valence-corrected chi connectivity index (χ1v) is 6.22. The van der Waals surface area contributed by atoms with Gasteiger partial charge in [-0.2, -0.15) is 0 Å². The molecule has 0 aliphatic heterocycles. The number of halogens is 1. The van der Waals surface area contributed by atoms with E-state index in [1.54, 1.807) is 14.0 Å². The molecule has 96 valence electrons. The minimum atomic E-state index is -0.899. The van der Waals surface area contributed by atoms with Crippen LogP contribution >= 0.6 is 22.6 Å². The van der Waals surface area contributed by atoms with Gasteiger partial charge in [0.2, 0.25) is 0 Å². The molecule has 0 saturated carbocycles. The van der Waals surface area contributed by atoms with Gasteiger partial charge in [-0.15, -0.1) is 0 Å². The fourth-order valence-electron chi connectivity index (χ4n) is 1.19. The van der Waals surface area contributed by atoms with Crippen LogP contribution in [-0.4, -0.2) is 40.9 Å². The van der Waals surface area contributed by atoms with Gasteiger partial charge in [0, 0.05) is 26.7 Å². The lowest BCUT2D eigenvalue weighted by Gasteiger charge is -2.23. The van der Waals surface area contributed by atoms with Gasteiger partial charge < -0.3 is 20.1 Å². The van der Waals surface area contributed by atoms with Crippen LogP contribution in [0.25, 0.3) is 0 Å². The van der Waals surface area contributed by atoms with Crippen LogP contribution in [0.3, 0.4) is 0 Å². The molecule has 3 N–H and O–H groups in total. The van der Waals surface area contributed by atoms with Gasteiger partial charge in [-0.1, -0.05) is 0 Å². The fraction of sp³-hybridized carbons (Fsp3) is 0.600. The number of aromatic amines is 1. The van der Waals surface area contributed by atoms with E-state index in [4.69, 9.17) is 4.74 Å². The summed E-state index contributed by atoms with van der Waals surface area (Å²) in [5.41, 5.74) is -1.09. The second-order valence-electron chi connectivity index (χ2n) is 3.99. The zero-order chi connectivity index (χ0) is 12.9. The normalized spacial score (nSPS) is 14.4. The quantitative estimate of drug-likeness (QED) is 0.651. The summed E-state index contributed by atoms with van der Waals surface area (Å²) >= 11 is 1.91. The second-order valence-corrected chi connectivity index (χ2v) is 5.07. The number of anilines is 1. The zero-order valence-corrected chi connectivity index (χ0v) is 11.9. The first-order chi connectivity index (χ1) is 7.96. The molecule has 0 fully saturated rings. The highest BCUT2D eigenvalue weighted by atomic mass is 127. The number of nitrogens with zero attached hydrogens (tertiary/aromatic N) is 1. The Kier molecular flexibility index (Phi) is 5.34. The van der Waals surface area contributed by atoms with E-state index in [0.717, 1.165) is 0 Å². The van der Waals surface area contributed by atoms with E-state index in [0.29, 0.717) is 29.0 Å². The van der Waals surface area contributed by atoms with E-state index < -0.39 is 5.60 Å². The summed E-state index contributed by atoms with van der Waals surface area (Å²) in [6.45, 7) is 2.50. The molecule has 0 bridgehead atoms. The van der Waals surface area contributed by atoms with Gasteiger partial charge in [0.15, 0.2) is 0 Å². The van der Waals surface area contributed by atoms with Crippen LogP contribution in [-0.2, 0) is 4.74 Å². The summed E-state index contributed by atoms with van der Waals surface area (Å²) in [4.78, 5) is 17.8. The molecule has 0 saturated heterocycles. The van der Waals surface area contributed by atoms with Crippen LogP contribution in [0.15, 0.2) is 11.1 Å². The second kappa shape index (κ2) is 6.31. The van der Waals surface area contributed by atoms with Gasteiger partial charge in [-0.05, 0) is 29.5 Å². The monoisotopic (exact) mass is 353 g/mol. The molecule has 0 amide bonds. The number of rotatable bonds is 6. The van der Waals surface area contributed by atoms with Crippen molar-refractivity contribution in [3.05, 3.63) is 20.3 Å². The van der Waals surface area contributed by atoms with E-state index in [-0.39, 0.29) is 5.56 Å². The van der Waals surface area contributed by atoms with Crippen molar-refractivity contribution in [2.75, 3.05) is 25.6 Å². The van der Waals surface area contributed by atoms with Gasteiger partial charge in [-0.3, -0.25) is 4.79 Å². The number of hydrogen-bond acceptors (Lipinski definition) is 5. The molecule has 0 aliphatic carbocycles. The molecule has 6 nitrogen and oxygen atoms in total. The predicted octanol–water partition coefficient (Wildman–Crippen LogP) is 0.574. The van der Waals surface area contributed by atoms with Crippen LogP contribution in [0.4, 0.5) is 5.82 Å². The summed E-state index contributed by atoms with van der Waals surface area (Å²) in [7, 11) is 1.59. The van der Waals surface area contributed by atoms with Crippen LogP contribution in [0, 0.1) is 3.57 Å². The number of hydrogen-bond donors (Lipinski definition) is 3. The number of ether oxygens (including phenoxy) is 1. The summed E-state index contributed by atoms with van der Waals surface area (Å²) < 4.78 is 5.39. The lowest BCUT2D eigenvalue weighted by molar-refractivity contribution is 0.0357. The molecule has 7 heteroatoms. The molecule has 0 aromatic carbocycles. The van der Waals surface area contributed by atoms with Crippen molar-refractivity contribution >= 4 is 28.4 Å². The van der Waals surface area contributed by atoms with E-state index in [1.807, 2.05) is 22.6 Å². The molecule has 1 aromatic heterocycles. The van der Waals surface area contributed by atoms with E-state index in [1.165, 1.54) is 6.33 Å². The molecule has 0 radical (unpaired) electrons. The third-order valence-corrected chi connectivity index (χ3v) is 3.28. The van der Waals surface area contributed by atoms with E-state index in [2.05, 4.69) is 15.3 Å². The lowest BCUT2D eigenvalue weighted by Crippen LogP contribution is -2.35. The Morgan fingerprint density at radius 1 is 1.71 bits per heavy atom. The maximum atomic E-state index is 11.3. The molecule has 1 heterocycles. The van der Waals surface area contributed by atoms with Crippen molar-refractivity contribution < 1.29 is 9.84 Å². The standard InChI is InChI=1S/C10H16IN3O3/c1-10(16,3-4-17-2)5-12-8-7(11)9(15)14-6-13-8/h6,16H,3-5H2,1-2H3,(H2,12,13,14,15). The van der Waals surface area contributed by atoms with Crippen LogP contribution in [0.2, 0.25) is 0 Å². The van der Waals surface area contributed by atoms with Gasteiger partial charge in [-0.25, -0.2) is 4.98 Å². The molecule has 0 spiro atoms. The maximum absolute atomic E-state index is 11.3. The van der Waals surface area contributed by atoms with Crippen LogP contribution in [0.5, 0.6) is 0 Å². The average Bonchev–Trinajstić information content (AvgIpc) is 2.29. The minimum absolute atomic E-state index is 0.195. The molecule has 1 aromatic rings. The predicted molar refractivity (Wildman–Crippen MR) is 73.2 cm³/mol. The number of aliphatic hydroxyl groups is 1. The average molecular weight is 353 g/mol.